The Bertz CT molecular complexity index is 870. The lowest BCUT2D eigenvalue weighted by Gasteiger charge is -2.18. The second-order valence-corrected chi connectivity index (χ2v) is 6.89. The fraction of sp³-hybridized carbons (Fsp3) is 0.300. The molecule has 0 fully saturated rings. The van der Waals surface area contributed by atoms with Gasteiger partial charge in [-0.2, -0.15) is 0 Å². The Morgan fingerprint density at radius 1 is 1.11 bits per heavy atom. The molecular weight excluding hydrogens is 348 g/mol. The summed E-state index contributed by atoms with van der Waals surface area (Å²) in [4.78, 5) is 24.8. The maximum absolute atomic E-state index is 12.6. The zero-order chi connectivity index (χ0) is 19.6. The van der Waals surface area contributed by atoms with Crippen LogP contribution in [0, 0.1) is 5.41 Å². The van der Waals surface area contributed by atoms with Gasteiger partial charge in [-0.25, -0.2) is 0 Å². The minimum atomic E-state index is -0.639. The van der Waals surface area contributed by atoms with Crippen LogP contribution in [0.5, 0.6) is 17.2 Å². The largest absolute Gasteiger partial charge is 0.497 e. The lowest BCUT2D eigenvalue weighted by atomic mass is 9.94. The van der Waals surface area contributed by atoms with E-state index >= 15 is 0 Å². The van der Waals surface area contributed by atoms with Crippen molar-refractivity contribution in [2.24, 2.45) is 5.41 Å². The first kappa shape index (κ1) is 18.6. The number of hydrogen-bond donors (Lipinski definition) is 2. The van der Waals surface area contributed by atoms with E-state index in [1.165, 1.54) is 14.2 Å². The fourth-order valence-electron chi connectivity index (χ4n) is 2.58. The first-order chi connectivity index (χ1) is 12.8. The normalized spacial score (nSPS) is 14.9. The number of rotatable bonds is 4. The zero-order valence-electron chi connectivity index (χ0n) is 15.7. The van der Waals surface area contributed by atoms with E-state index in [2.05, 4.69) is 10.6 Å². The third-order valence-electron chi connectivity index (χ3n) is 4.30. The van der Waals surface area contributed by atoms with Crippen LogP contribution in [0.25, 0.3) is 0 Å². The van der Waals surface area contributed by atoms with Crippen molar-refractivity contribution in [1.29, 1.82) is 0 Å². The molecule has 1 heterocycles. The van der Waals surface area contributed by atoms with Gasteiger partial charge in [0.1, 0.15) is 23.9 Å². The van der Waals surface area contributed by atoms with Crippen molar-refractivity contribution >= 4 is 23.2 Å². The summed E-state index contributed by atoms with van der Waals surface area (Å²) >= 11 is 0. The van der Waals surface area contributed by atoms with Crippen molar-refractivity contribution in [3.63, 3.8) is 0 Å². The van der Waals surface area contributed by atoms with E-state index < -0.39 is 5.41 Å². The summed E-state index contributed by atoms with van der Waals surface area (Å²) < 4.78 is 16.2. The molecule has 142 valence electrons. The van der Waals surface area contributed by atoms with Crippen molar-refractivity contribution in [2.45, 2.75) is 13.8 Å². The van der Waals surface area contributed by atoms with E-state index in [1.807, 2.05) is 13.8 Å². The predicted octanol–water partition coefficient (Wildman–Crippen LogP) is 3.31. The Morgan fingerprint density at radius 3 is 2.41 bits per heavy atom. The van der Waals surface area contributed by atoms with Crippen LogP contribution in [-0.2, 0) is 4.79 Å². The highest BCUT2D eigenvalue weighted by atomic mass is 16.5. The molecule has 2 N–H and O–H groups in total. The highest BCUT2D eigenvalue weighted by molar-refractivity contribution is 6.05. The molecule has 2 aromatic carbocycles. The van der Waals surface area contributed by atoms with E-state index in [9.17, 15) is 9.59 Å². The number of amides is 2. The maximum Gasteiger partial charge on any atom is 0.255 e. The molecule has 1 aliphatic heterocycles. The van der Waals surface area contributed by atoms with Gasteiger partial charge >= 0.3 is 0 Å². The average molecular weight is 370 g/mol. The number of benzene rings is 2. The zero-order valence-corrected chi connectivity index (χ0v) is 15.7. The van der Waals surface area contributed by atoms with Gasteiger partial charge in [-0.3, -0.25) is 9.59 Å². The molecule has 0 saturated carbocycles. The van der Waals surface area contributed by atoms with Crippen molar-refractivity contribution in [2.75, 3.05) is 31.5 Å². The van der Waals surface area contributed by atoms with Gasteiger partial charge in [0, 0.05) is 23.4 Å². The molecule has 0 saturated heterocycles. The van der Waals surface area contributed by atoms with E-state index in [1.54, 1.807) is 36.4 Å². The third-order valence-corrected chi connectivity index (χ3v) is 4.30. The molecule has 0 spiro atoms. The first-order valence-electron chi connectivity index (χ1n) is 8.45. The highest BCUT2D eigenvalue weighted by Gasteiger charge is 2.32. The maximum atomic E-state index is 12.6. The SMILES string of the molecule is COc1cc(OC)cc(C(=O)Nc2ccc3c(c2)OCC(C)(C)C(=O)N3)c1. The van der Waals surface area contributed by atoms with Gasteiger partial charge in [-0.1, -0.05) is 0 Å². The number of carbonyl (C=O) groups is 2. The Balaban J connectivity index is 1.82. The molecule has 1 aliphatic rings. The summed E-state index contributed by atoms with van der Waals surface area (Å²) in [7, 11) is 3.05. The Labute approximate surface area is 157 Å². The van der Waals surface area contributed by atoms with Crippen LogP contribution in [0.1, 0.15) is 24.2 Å². The summed E-state index contributed by atoms with van der Waals surface area (Å²) in [5.41, 5.74) is 0.886. The molecular formula is C20H22N2O5. The highest BCUT2D eigenvalue weighted by Crippen LogP contribution is 2.34. The molecule has 3 rings (SSSR count). The molecule has 7 heteroatoms. The van der Waals surface area contributed by atoms with Crippen molar-refractivity contribution < 1.29 is 23.8 Å². The minimum absolute atomic E-state index is 0.110. The summed E-state index contributed by atoms with van der Waals surface area (Å²) in [6.45, 7) is 3.87. The number of ether oxygens (including phenoxy) is 3. The average Bonchev–Trinajstić information content (AvgIpc) is 2.77. The standard InChI is InChI=1S/C20H22N2O5/c1-20(2)11-27-17-9-13(5-6-16(17)22-19(20)24)21-18(23)12-7-14(25-3)10-15(8-12)26-4/h5-10H,11H2,1-4H3,(H,21,23)(H,22,24). The predicted molar refractivity (Wildman–Crippen MR) is 102 cm³/mol. The van der Waals surface area contributed by atoms with E-state index in [0.29, 0.717) is 34.2 Å². The number of anilines is 2. The second kappa shape index (κ2) is 7.19. The molecule has 0 radical (unpaired) electrons. The molecule has 0 aromatic heterocycles. The van der Waals surface area contributed by atoms with Gasteiger partial charge in [0.25, 0.3) is 5.91 Å². The summed E-state index contributed by atoms with van der Waals surface area (Å²) in [5.74, 6) is 1.13. The molecule has 27 heavy (non-hydrogen) atoms. The Hall–Kier alpha value is -3.22. The lowest BCUT2D eigenvalue weighted by Crippen LogP contribution is -2.33. The van der Waals surface area contributed by atoms with Crippen molar-refractivity contribution in [1.82, 2.24) is 0 Å². The molecule has 0 aliphatic carbocycles. The van der Waals surface area contributed by atoms with Crippen LogP contribution < -0.4 is 24.8 Å². The third kappa shape index (κ3) is 3.97. The summed E-state index contributed by atoms with van der Waals surface area (Å²) in [6.07, 6.45) is 0. The van der Waals surface area contributed by atoms with Crippen molar-refractivity contribution in [3.8, 4) is 17.2 Å². The van der Waals surface area contributed by atoms with E-state index in [0.717, 1.165) is 0 Å². The van der Waals surface area contributed by atoms with Crippen LogP contribution in [0.15, 0.2) is 36.4 Å². The molecule has 0 atom stereocenters. The number of hydrogen-bond acceptors (Lipinski definition) is 5. The molecule has 2 amide bonds. The topological polar surface area (TPSA) is 85.9 Å². The number of methoxy groups -OCH3 is 2. The van der Waals surface area contributed by atoms with Crippen LogP contribution in [0.2, 0.25) is 0 Å². The molecule has 0 unspecified atom stereocenters. The first-order valence-corrected chi connectivity index (χ1v) is 8.45. The number of fused-ring (bicyclic) bond motifs is 1. The lowest BCUT2D eigenvalue weighted by molar-refractivity contribution is -0.124. The molecule has 2 aromatic rings. The van der Waals surface area contributed by atoms with Crippen LogP contribution in [-0.4, -0.2) is 32.6 Å². The molecule has 7 nitrogen and oxygen atoms in total. The van der Waals surface area contributed by atoms with Crippen molar-refractivity contribution in [3.05, 3.63) is 42.0 Å². The van der Waals surface area contributed by atoms with Gasteiger partial charge in [0.05, 0.1) is 25.3 Å². The quantitative estimate of drug-likeness (QED) is 0.862. The Morgan fingerprint density at radius 2 is 1.78 bits per heavy atom. The number of nitrogens with one attached hydrogen (secondary N) is 2. The summed E-state index contributed by atoms with van der Waals surface area (Å²) in [6, 6.07) is 10.0. The minimum Gasteiger partial charge on any atom is -0.497 e. The van der Waals surface area contributed by atoms with E-state index in [-0.39, 0.29) is 18.4 Å². The van der Waals surface area contributed by atoms with E-state index in [4.69, 9.17) is 14.2 Å². The molecule has 0 bridgehead atoms. The van der Waals surface area contributed by atoms with Gasteiger partial charge in [0.2, 0.25) is 5.91 Å². The fourth-order valence-corrected chi connectivity index (χ4v) is 2.58. The van der Waals surface area contributed by atoms with Crippen LogP contribution in [0.3, 0.4) is 0 Å². The smallest absolute Gasteiger partial charge is 0.255 e. The van der Waals surface area contributed by atoms with Crippen LogP contribution in [0.4, 0.5) is 11.4 Å². The number of carbonyl (C=O) groups excluding carboxylic acids is 2. The van der Waals surface area contributed by atoms with Crippen LogP contribution >= 0.6 is 0 Å². The van der Waals surface area contributed by atoms with Gasteiger partial charge in [-0.15, -0.1) is 0 Å². The Kier molecular flexibility index (Phi) is 4.94. The van der Waals surface area contributed by atoms with Gasteiger partial charge in [-0.05, 0) is 38.1 Å². The van der Waals surface area contributed by atoms with Gasteiger partial charge < -0.3 is 24.8 Å². The monoisotopic (exact) mass is 370 g/mol. The summed E-state index contributed by atoms with van der Waals surface area (Å²) in [5, 5.41) is 5.67. The second-order valence-electron chi connectivity index (χ2n) is 6.89. The van der Waals surface area contributed by atoms with Gasteiger partial charge in [0.15, 0.2) is 0 Å².